The summed E-state index contributed by atoms with van der Waals surface area (Å²) in [6.07, 6.45) is 3.49. The molecule has 0 radical (unpaired) electrons. The monoisotopic (exact) mass is 370 g/mol. The highest BCUT2D eigenvalue weighted by Gasteiger charge is 2.13. The molecule has 0 atom stereocenters. The van der Waals surface area contributed by atoms with Gasteiger partial charge in [-0.25, -0.2) is 0 Å². The lowest BCUT2D eigenvalue weighted by Crippen LogP contribution is -2.22. The fourth-order valence-electron chi connectivity index (χ4n) is 2.49. The quantitative estimate of drug-likeness (QED) is 0.505. The summed E-state index contributed by atoms with van der Waals surface area (Å²) in [6.45, 7) is 2.09. The summed E-state index contributed by atoms with van der Waals surface area (Å²) in [4.78, 5) is 22.5. The number of nitro groups is 1. The number of hydrogen-bond acceptors (Lipinski definition) is 6. The highest BCUT2D eigenvalue weighted by Crippen LogP contribution is 2.24. The maximum atomic E-state index is 12.1. The molecule has 0 saturated carbocycles. The lowest BCUT2D eigenvalue weighted by atomic mass is 10.2. The van der Waals surface area contributed by atoms with E-state index in [4.69, 9.17) is 9.15 Å². The molecule has 0 unspecified atom stereocenters. The molecule has 0 saturated heterocycles. The van der Waals surface area contributed by atoms with Gasteiger partial charge in [0, 0.05) is 37.0 Å². The third-order valence-corrected chi connectivity index (χ3v) is 3.84. The minimum atomic E-state index is -0.442. The smallest absolute Gasteiger partial charge is 0.287 e. The van der Waals surface area contributed by atoms with Crippen LogP contribution in [0, 0.1) is 17.0 Å². The topological polar surface area (TPSA) is 112 Å². The van der Waals surface area contributed by atoms with Crippen LogP contribution in [0.15, 0.2) is 47.1 Å². The fraction of sp³-hybridized carbons (Fsp3) is 0.222. The Kier molecular flexibility index (Phi) is 5.20. The van der Waals surface area contributed by atoms with E-state index in [0.717, 1.165) is 5.56 Å². The first-order valence-electron chi connectivity index (χ1n) is 8.14. The van der Waals surface area contributed by atoms with Gasteiger partial charge in [0.1, 0.15) is 18.1 Å². The van der Waals surface area contributed by atoms with E-state index in [2.05, 4.69) is 10.4 Å². The number of nitrogens with zero attached hydrogens (tertiary/aromatic N) is 3. The molecular weight excluding hydrogens is 352 g/mol. The number of carbonyl (C=O) groups is 1. The average molecular weight is 370 g/mol. The van der Waals surface area contributed by atoms with Crippen LogP contribution in [0.3, 0.4) is 0 Å². The number of amides is 1. The summed E-state index contributed by atoms with van der Waals surface area (Å²) in [7, 11) is 1.80. The van der Waals surface area contributed by atoms with Gasteiger partial charge in [0.2, 0.25) is 0 Å². The minimum absolute atomic E-state index is 0.0351. The molecule has 0 bridgehead atoms. The van der Waals surface area contributed by atoms with Gasteiger partial charge in [-0.1, -0.05) is 0 Å². The SMILES string of the molecule is Cc1cc(OCc2ccc(C(=O)NCc3cnn(C)c3)o2)ccc1[N+](=O)[O-]. The summed E-state index contributed by atoms with van der Waals surface area (Å²) < 4.78 is 12.7. The Morgan fingerprint density at radius 3 is 2.85 bits per heavy atom. The maximum absolute atomic E-state index is 12.1. The number of furan rings is 1. The molecule has 0 aliphatic heterocycles. The minimum Gasteiger partial charge on any atom is -0.486 e. The van der Waals surface area contributed by atoms with Gasteiger partial charge in [0.15, 0.2) is 5.76 Å². The standard InChI is InChI=1S/C18H18N4O5/c1-12-7-14(3-5-16(12)22(24)25)26-11-15-4-6-17(27-15)18(23)19-8-13-9-20-21(2)10-13/h3-7,9-10H,8,11H2,1-2H3,(H,19,23). The summed E-state index contributed by atoms with van der Waals surface area (Å²) in [5, 5.41) is 17.6. The third-order valence-electron chi connectivity index (χ3n) is 3.84. The number of rotatable bonds is 7. The summed E-state index contributed by atoms with van der Waals surface area (Å²) in [5.41, 5.74) is 1.43. The van der Waals surface area contributed by atoms with Gasteiger partial charge in [0.25, 0.3) is 11.6 Å². The first kappa shape index (κ1) is 18.2. The zero-order valence-electron chi connectivity index (χ0n) is 14.8. The van der Waals surface area contributed by atoms with Crippen molar-refractivity contribution in [3.8, 4) is 5.75 Å². The van der Waals surface area contributed by atoms with E-state index in [1.54, 1.807) is 43.0 Å². The van der Waals surface area contributed by atoms with Gasteiger partial charge in [-0.05, 0) is 31.2 Å². The van der Waals surface area contributed by atoms with Crippen LogP contribution in [0.2, 0.25) is 0 Å². The van der Waals surface area contributed by atoms with E-state index >= 15 is 0 Å². The third kappa shape index (κ3) is 4.51. The van der Waals surface area contributed by atoms with Crippen LogP contribution >= 0.6 is 0 Å². The Morgan fingerprint density at radius 1 is 1.37 bits per heavy atom. The van der Waals surface area contributed by atoms with E-state index in [0.29, 0.717) is 23.6 Å². The van der Waals surface area contributed by atoms with Crippen LogP contribution < -0.4 is 10.1 Å². The van der Waals surface area contributed by atoms with Gasteiger partial charge < -0.3 is 14.5 Å². The zero-order chi connectivity index (χ0) is 19.4. The van der Waals surface area contributed by atoms with Gasteiger partial charge >= 0.3 is 0 Å². The molecule has 3 rings (SSSR count). The van der Waals surface area contributed by atoms with Gasteiger partial charge in [-0.2, -0.15) is 5.10 Å². The molecule has 2 heterocycles. The second-order valence-corrected chi connectivity index (χ2v) is 5.96. The highest BCUT2D eigenvalue weighted by molar-refractivity contribution is 5.91. The zero-order valence-corrected chi connectivity index (χ0v) is 14.8. The number of hydrogen-bond donors (Lipinski definition) is 1. The molecule has 9 heteroatoms. The molecule has 0 aliphatic carbocycles. The Morgan fingerprint density at radius 2 is 2.19 bits per heavy atom. The van der Waals surface area contributed by atoms with Gasteiger partial charge in [0.05, 0.1) is 11.1 Å². The molecule has 1 amide bonds. The largest absolute Gasteiger partial charge is 0.486 e. The molecular formula is C18H18N4O5. The Balaban J connectivity index is 1.55. The first-order valence-corrected chi connectivity index (χ1v) is 8.14. The lowest BCUT2D eigenvalue weighted by molar-refractivity contribution is -0.385. The van der Waals surface area contributed by atoms with Gasteiger partial charge in [-0.15, -0.1) is 0 Å². The van der Waals surface area contributed by atoms with Crippen LogP contribution in [0.4, 0.5) is 5.69 Å². The summed E-state index contributed by atoms with van der Waals surface area (Å²) in [5.74, 6) is 0.795. The Bertz CT molecular complexity index is 976. The highest BCUT2D eigenvalue weighted by atomic mass is 16.6. The number of nitrogens with one attached hydrogen (secondary N) is 1. The van der Waals surface area contributed by atoms with E-state index in [1.807, 2.05) is 6.20 Å². The van der Waals surface area contributed by atoms with E-state index in [9.17, 15) is 14.9 Å². The normalized spacial score (nSPS) is 10.6. The lowest BCUT2D eigenvalue weighted by Gasteiger charge is -2.05. The molecule has 27 heavy (non-hydrogen) atoms. The number of benzene rings is 1. The van der Waals surface area contributed by atoms with E-state index < -0.39 is 4.92 Å². The molecule has 1 N–H and O–H groups in total. The molecule has 3 aromatic rings. The predicted molar refractivity (Wildman–Crippen MR) is 95.3 cm³/mol. The van der Waals surface area contributed by atoms with Crippen molar-refractivity contribution in [1.82, 2.24) is 15.1 Å². The summed E-state index contributed by atoms with van der Waals surface area (Å²) >= 11 is 0. The number of nitro benzene ring substituents is 1. The average Bonchev–Trinajstić information content (AvgIpc) is 3.26. The van der Waals surface area contributed by atoms with E-state index in [1.165, 1.54) is 12.1 Å². The van der Waals surface area contributed by atoms with E-state index in [-0.39, 0.29) is 24.0 Å². The maximum Gasteiger partial charge on any atom is 0.287 e. The molecule has 9 nitrogen and oxygen atoms in total. The fourth-order valence-corrected chi connectivity index (χ4v) is 2.49. The van der Waals surface area contributed by atoms with Crippen LogP contribution in [0.1, 0.15) is 27.4 Å². The summed E-state index contributed by atoms with van der Waals surface area (Å²) in [6, 6.07) is 7.72. The molecule has 0 fully saturated rings. The Labute approximate surface area is 154 Å². The van der Waals surface area contributed by atoms with Crippen LogP contribution in [-0.4, -0.2) is 20.6 Å². The number of aromatic nitrogens is 2. The second-order valence-electron chi connectivity index (χ2n) is 5.96. The second kappa shape index (κ2) is 7.73. The Hall–Kier alpha value is -3.62. The van der Waals surface area contributed by atoms with Crippen molar-refractivity contribution in [3.63, 3.8) is 0 Å². The molecule has 1 aromatic carbocycles. The van der Waals surface area contributed by atoms with Crippen molar-refractivity contribution in [1.29, 1.82) is 0 Å². The molecule has 0 aliphatic rings. The first-order chi connectivity index (χ1) is 12.9. The van der Waals surface area contributed by atoms with Crippen molar-refractivity contribution in [2.75, 3.05) is 0 Å². The molecule has 140 valence electrons. The molecule has 2 aromatic heterocycles. The van der Waals surface area contributed by atoms with Crippen molar-refractivity contribution in [2.24, 2.45) is 7.05 Å². The number of carbonyl (C=O) groups excluding carboxylic acids is 1. The van der Waals surface area contributed by atoms with Crippen LogP contribution in [0.5, 0.6) is 5.75 Å². The number of aryl methyl sites for hydroxylation is 2. The number of ether oxygens (including phenoxy) is 1. The van der Waals surface area contributed by atoms with Crippen molar-refractivity contribution in [3.05, 3.63) is 75.5 Å². The van der Waals surface area contributed by atoms with Crippen molar-refractivity contribution >= 4 is 11.6 Å². The van der Waals surface area contributed by atoms with Crippen molar-refractivity contribution in [2.45, 2.75) is 20.1 Å². The van der Waals surface area contributed by atoms with Crippen LogP contribution in [-0.2, 0) is 20.2 Å². The molecule has 0 spiro atoms. The van der Waals surface area contributed by atoms with Crippen LogP contribution in [0.25, 0.3) is 0 Å². The predicted octanol–water partition coefficient (Wildman–Crippen LogP) is 2.74. The van der Waals surface area contributed by atoms with Gasteiger partial charge in [-0.3, -0.25) is 19.6 Å². The van der Waals surface area contributed by atoms with Crippen molar-refractivity contribution < 1.29 is 18.9 Å².